The number of hydrogen-bond acceptors (Lipinski definition) is 3. The minimum absolute atomic E-state index is 0.448. The Morgan fingerprint density at radius 1 is 1.78 bits per heavy atom. The van der Waals surface area contributed by atoms with Crippen molar-refractivity contribution in [1.82, 2.24) is 5.32 Å². The van der Waals surface area contributed by atoms with Gasteiger partial charge in [-0.2, -0.15) is 0 Å². The van der Waals surface area contributed by atoms with Crippen LogP contribution in [0.1, 0.15) is 0 Å². The van der Waals surface area contributed by atoms with E-state index in [9.17, 15) is 0 Å². The fraction of sp³-hybridized carbons (Fsp3) is 0.667. The standard InChI is InChI=1S/C6H14N2O/c1-2-6(9)5-8-4-3-7/h2,6,8-9H,1,3-5,7H2. The Balaban J connectivity index is 2.96. The van der Waals surface area contributed by atoms with E-state index in [1.165, 1.54) is 6.08 Å². The van der Waals surface area contributed by atoms with Crippen molar-refractivity contribution in [2.24, 2.45) is 5.73 Å². The normalized spacial score (nSPS) is 13.1. The molecule has 0 spiro atoms. The van der Waals surface area contributed by atoms with Crippen molar-refractivity contribution in [1.29, 1.82) is 0 Å². The average Bonchev–Trinajstić information content (AvgIpc) is 1.89. The van der Waals surface area contributed by atoms with Gasteiger partial charge in [0.15, 0.2) is 0 Å². The molecule has 9 heavy (non-hydrogen) atoms. The van der Waals surface area contributed by atoms with Gasteiger partial charge in [-0.1, -0.05) is 6.08 Å². The maximum Gasteiger partial charge on any atom is 0.0842 e. The molecular weight excluding hydrogens is 116 g/mol. The number of aliphatic hydroxyl groups is 1. The largest absolute Gasteiger partial charge is 0.388 e. The minimum atomic E-state index is -0.448. The van der Waals surface area contributed by atoms with Crippen LogP contribution in [0.5, 0.6) is 0 Å². The van der Waals surface area contributed by atoms with Crippen LogP contribution in [0, 0.1) is 0 Å². The van der Waals surface area contributed by atoms with Crippen LogP contribution in [-0.4, -0.2) is 30.8 Å². The minimum Gasteiger partial charge on any atom is -0.388 e. The second-order valence-electron chi connectivity index (χ2n) is 1.80. The van der Waals surface area contributed by atoms with Crippen LogP contribution in [0.2, 0.25) is 0 Å². The van der Waals surface area contributed by atoms with Crippen LogP contribution in [-0.2, 0) is 0 Å². The van der Waals surface area contributed by atoms with Gasteiger partial charge in [0.1, 0.15) is 0 Å². The number of nitrogens with one attached hydrogen (secondary N) is 1. The Bertz CT molecular complexity index is 75.5. The monoisotopic (exact) mass is 130 g/mol. The Kier molecular flexibility index (Phi) is 5.51. The Morgan fingerprint density at radius 2 is 2.44 bits per heavy atom. The number of aliphatic hydroxyl groups excluding tert-OH is 1. The summed E-state index contributed by atoms with van der Waals surface area (Å²) in [4.78, 5) is 0. The molecule has 0 fully saturated rings. The third-order valence-electron chi connectivity index (χ3n) is 0.947. The summed E-state index contributed by atoms with van der Waals surface area (Å²) in [6.07, 6.45) is 1.04. The highest BCUT2D eigenvalue weighted by atomic mass is 16.3. The number of rotatable bonds is 5. The fourth-order valence-corrected chi connectivity index (χ4v) is 0.435. The van der Waals surface area contributed by atoms with Crippen molar-refractivity contribution in [2.45, 2.75) is 6.10 Å². The maximum absolute atomic E-state index is 8.86. The van der Waals surface area contributed by atoms with Crippen LogP contribution in [0.3, 0.4) is 0 Å². The second-order valence-corrected chi connectivity index (χ2v) is 1.80. The molecule has 0 bridgehead atoms. The molecule has 0 amide bonds. The topological polar surface area (TPSA) is 58.3 Å². The molecule has 1 atom stereocenters. The first kappa shape index (κ1) is 8.62. The van der Waals surface area contributed by atoms with Crippen molar-refractivity contribution in [3.05, 3.63) is 12.7 Å². The van der Waals surface area contributed by atoms with Gasteiger partial charge >= 0.3 is 0 Å². The van der Waals surface area contributed by atoms with Gasteiger partial charge in [-0.25, -0.2) is 0 Å². The molecule has 1 unspecified atom stereocenters. The predicted octanol–water partition coefficient (Wildman–Crippen LogP) is -0.918. The molecule has 54 valence electrons. The van der Waals surface area contributed by atoms with E-state index >= 15 is 0 Å². The van der Waals surface area contributed by atoms with E-state index in [1.54, 1.807) is 0 Å². The van der Waals surface area contributed by atoms with Gasteiger partial charge in [-0.3, -0.25) is 0 Å². The first-order valence-corrected chi connectivity index (χ1v) is 3.02. The van der Waals surface area contributed by atoms with Gasteiger partial charge in [0.2, 0.25) is 0 Å². The molecule has 0 aromatic rings. The summed E-state index contributed by atoms with van der Waals surface area (Å²) in [6, 6.07) is 0. The summed E-state index contributed by atoms with van der Waals surface area (Å²) in [6.45, 7) is 5.30. The SMILES string of the molecule is C=CC(O)CNCCN. The smallest absolute Gasteiger partial charge is 0.0842 e. The van der Waals surface area contributed by atoms with Crippen molar-refractivity contribution >= 4 is 0 Å². The molecule has 0 aliphatic rings. The van der Waals surface area contributed by atoms with Gasteiger partial charge < -0.3 is 16.2 Å². The predicted molar refractivity (Wildman–Crippen MR) is 38.1 cm³/mol. The van der Waals surface area contributed by atoms with E-state index in [1.807, 2.05) is 0 Å². The van der Waals surface area contributed by atoms with E-state index in [2.05, 4.69) is 11.9 Å². The molecule has 3 nitrogen and oxygen atoms in total. The average molecular weight is 130 g/mol. The second kappa shape index (κ2) is 5.75. The van der Waals surface area contributed by atoms with Crippen molar-refractivity contribution in [3.8, 4) is 0 Å². The third-order valence-corrected chi connectivity index (χ3v) is 0.947. The molecule has 0 heterocycles. The molecule has 3 heteroatoms. The van der Waals surface area contributed by atoms with E-state index < -0.39 is 6.10 Å². The van der Waals surface area contributed by atoms with Gasteiger partial charge in [0.25, 0.3) is 0 Å². The van der Waals surface area contributed by atoms with Gasteiger partial charge in [0, 0.05) is 19.6 Å². The lowest BCUT2D eigenvalue weighted by Gasteiger charge is -2.04. The third kappa shape index (κ3) is 5.49. The zero-order chi connectivity index (χ0) is 7.11. The van der Waals surface area contributed by atoms with Gasteiger partial charge in [-0.15, -0.1) is 6.58 Å². The zero-order valence-corrected chi connectivity index (χ0v) is 5.51. The van der Waals surface area contributed by atoms with E-state index in [0.717, 1.165) is 6.54 Å². The lowest BCUT2D eigenvalue weighted by Crippen LogP contribution is -2.29. The lowest BCUT2D eigenvalue weighted by atomic mass is 10.3. The molecular formula is C6H14N2O. The lowest BCUT2D eigenvalue weighted by molar-refractivity contribution is 0.220. The maximum atomic E-state index is 8.86. The van der Waals surface area contributed by atoms with Crippen molar-refractivity contribution in [2.75, 3.05) is 19.6 Å². The summed E-state index contributed by atoms with van der Waals surface area (Å²) in [5.74, 6) is 0. The van der Waals surface area contributed by atoms with Crippen molar-refractivity contribution < 1.29 is 5.11 Å². The molecule has 0 saturated carbocycles. The van der Waals surface area contributed by atoms with E-state index in [4.69, 9.17) is 10.8 Å². The molecule has 0 aliphatic carbocycles. The summed E-state index contributed by atoms with van der Waals surface area (Å²) < 4.78 is 0. The fourth-order valence-electron chi connectivity index (χ4n) is 0.435. The number of nitrogens with two attached hydrogens (primary N) is 1. The first-order chi connectivity index (χ1) is 4.31. The number of hydrogen-bond donors (Lipinski definition) is 3. The van der Waals surface area contributed by atoms with Crippen molar-refractivity contribution in [3.63, 3.8) is 0 Å². The molecule has 0 saturated heterocycles. The van der Waals surface area contributed by atoms with Crippen LogP contribution in [0.15, 0.2) is 12.7 Å². The van der Waals surface area contributed by atoms with E-state index in [0.29, 0.717) is 13.1 Å². The molecule has 0 radical (unpaired) electrons. The van der Waals surface area contributed by atoms with Crippen LogP contribution >= 0.6 is 0 Å². The van der Waals surface area contributed by atoms with Gasteiger partial charge in [-0.05, 0) is 0 Å². The highest BCUT2D eigenvalue weighted by Gasteiger charge is 1.93. The quantitative estimate of drug-likeness (QED) is 0.333. The molecule has 0 aliphatic heterocycles. The zero-order valence-electron chi connectivity index (χ0n) is 5.51. The summed E-state index contributed by atoms with van der Waals surface area (Å²) in [5.41, 5.74) is 5.19. The summed E-state index contributed by atoms with van der Waals surface area (Å²) in [7, 11) is 0. The van der Waals surface area contributed by atoms with Gasteiger partial charge in [0.05, 0.1) is 6.10 Å². The Hall–Kier alpha value is -0.380. The molecule has 0 aromatic heterocycles. The summed E-state index contributed by atoms with van der Waals surface area (Å²) >= 11 is 0. The highest BCUT2D eigenvalue weighted by molar-refractivity contribution is 4.79. The van der Waals surface area contributed by atoms with Crippen LogP contribution in [0.25, 0.3) is 0 Å². The first-order valence-electron chi connectivity index (χ1n) is 3.02. The Labute approximate surface area is 55.6 Å². The van der Waals surface area contributed by atoms with E-state index in [-0.39, 0.29) is 0 Å². The Morgan fingerprint density at radius 3 is 2.89 bits per heavy atom. The molecule has 0 aromatic carbocycles. The van der Waals surface area contributed by atoms with Crippen LogP contribution in [0.4, 0.5) is 0 Å². The summed E-state index contributed by atoms with van der Waals surface area (Å²) in [5, 5.41) is 11.8. The highest BCUT2D eigenvalue weighted by Crippen LogP contribution is 1.77. The molecule has 0 rings (SSSR count). The van der Waals surface area contributed by atoms with Crippen LogP contribution < -0.4 is 11.1 Å². The molecule has 4 N–H and O–H groups in total.